The van der Waals surface area contributed by atoms with Crippen LogP contribution in [0.4, 0.5) is 0 Å². The van der Waals surface area contributed by atoms with Crippen molar-refractivity contribution in [1.82, 2.24) is 4.72 Å². The van der Waals surface area contributed by atoms with E-state index >= 15 is 0 Å². The third kappa shape index (κ3) is 3.27. The molecule has 0 aliphatic rings. The lowest BCUT2D eigenvalue weighted by atomic mass is 10.1. The summed E-state index contributed by atoms with van der Waals surface area (Å²) in [6.45, 7) is 1.80. The number of sulfonamides is 1. The molecule has 0 bridgehead atoms. The number of ether oxygens (including phenoxy) is 1. The molecule has 3 aromatic rings. The number of fused-ring (bicyclic) bond motifs is 1. The van der Waals surface area contributed by atoms with Crippen LogP contribution < -0.4 is 9.46 Å². The molecule has 124 valence electrons. The highest BCUT2D eigenvalue weighted by molar-refractivity contribution is 7.89. The summed E-state index contributed by atoms with van der Waals surface area (Å²) >= 11 is 0. The van der Waals surface area contributed by atoms with Crippen molar-refractivity contribution in [3.63, 3.8) is 0 Å². The molecule has 3 rings (SSSR count). The number of hydrogen-bond donors (Lipinski definition) is 1. The van der Waals surface area contributed by atoms with Crippen LogP contribution >= 0.6 is 0 Å². The van der Waals surface area contributed by atoms with E-state index in [9.17, 15) is 8.42 Å². The molecule has 0 aliphatic carbocycles. The minimum Gasteiger partial charge on any atom is -0.496 e. The van der Waals surface area contributed by atoms with Gasteiger partial charge in [-0.2, -0.15) is 0 Å². The second-order valence-electron chi connectivity index (χ2n) is 5.59. The maximum absolute atomic E-state index is 12.7. The van der Waals surface area contributed by atoms with Crippen LogP contribution in [0.25, 0.3) is 10.8 Å². The molecule has 0 saturated carbocycles. The van der Waals surface area contributed by atoms with Crippen LogP contribution in [0, 0.1) is 0 Å². The fraction of sp³-hybridized carbons (Fsp3) is 0.158. The van der Waals surface area contributed by atoms with Crippen molar-refractivity contribution in [2.75, 3.05) is 7.11 Å². The molecule has 0 saturated heterocycles. The van der Waals surface area contributed by atoms with Gasteiger partial charge in [-0.15, -0.1) is 0 Å². The average Bonchev–Trinajstić information content (AvgIpc) is 2.60. The van der Waals surface area contributed by atoms with Crippen LogP contribution in [-0.2, 0) is 10.0 Å². The van der Waals surface area contributed by atoms with Gasteiger partial charge in [0.15, 0.2) is 0 Å². The van der Waals surface area contributed by atoms with Crippen LogP contribution in [0.5, 0.6) is 5.75 Å². The number of hydrogen-bond acceptors (Lipinski definition) is 3. The molecule has 3 aromatic carbocycles. The van der Waals surface area contributed by atoms with Gasteiger partial charge in [0.1, 0.15) is 5.75 Å². The fourth-order valence-electron chi connectivity index (χ4n) is 2.72. The Bertz CT molecular complexity index is 967. The van der Waals surface area contributed by atoms with Gasteiger partial charge in [-0.25, -0.2) is 13.1 Å². The first-order valence-corrected chi connectivity index (χ1v) is 9.13. The number of nitrogens with one attached hydrogen (secondary N) is 1. The smallest absolute Gasteiger partial charge is 0.241 e. The summed E-state index contributed by atoms with van der Waals surface area (Å²) in [5.41, 5.74) is 0.796. The molecular formula is C19H19NO3S. The molecule has 4 nitrogen and oxygen atoms in total. The summed E-state index contributed by atoms with van der Waals surface area (Å²) in [7, 11) is -2.06. The third-order valence-corrected chi connectivity index (χ3v) is 5.51. The molecule has 0 fully saturated rings. The summed E-state index contributed by atoms with van der Waals surface area (Å²) in [5, 5.41) is 1.90. The highest BCUT2D eigenvalue weighted by Crippen LogP contribution is 2.26. The van der Waals surface area contributed by atoms with Crippen LogP contribution in [0.3, 0.4) is 0 Å². The Labute approximate surface area is 142 Å². The molecule has 24 heavy (non-hydrogen) atoms. The third-order valence-electron chi connectivity index (χ3n) is 3.97. The molecule has 0 radical (unpaired) electrons. The van der Waals surface area contributed by atoms with E-state index in [4.69, 9.17) is 4.74 Å². The lowest BCUT2D eigenvalue weighted by Crippen LogP contribution is -2.27. The van der Waals surface area contributed by atoms with Gasteiger partial charge in [-0.05, 0) is 35.9 Å². The van der Waals surface area contributed by atoms with E-state index in [1.165, 1.54) is 0 Å². The first kappa shape index (κ1) is 16.5. The van der Waals surface area contributed by atoms with E-state index in [1.54, 1.807) is 26.2 Å². The zero-order chi connectivity index (χ0) is 17.2. The Balaban J connectivity index is 1.92. The molecule has 0 heterocycles. The van der Waals surface area contributed by atoms with Gasteiger partial charge in [0, 0.05) is 11.6 Å². The highest BCUT2D eigenvalue weighted by atomic mass is 32.2. The predicted molar refractivity (Wildman–Crippen MR) is 95.7 cm³/mol. The van der Waals surface area contributed by atoms with Gasteiger partial charge in [-0.3, -0.25) is 0 Å². The quantitative estimate of drug-likeness (QED) is 0.766. The Hall–Kier alpha value is -2.37. The zero-order valence-electron chi connectivity index (χ0n) is 13.6. The fourth-order valence-corrected chi connectivity index (χ4v) is 3.98. The summed E-state index contributed by atoms with van der Waals surface area (Å²) in [6.07, 6.45) is 0. The maximum atomic E-state index is 12.7. The number of benzene rings is 3. The van der Waals surface area contributed by atoms with E-state index < -0.39 is 16.1 Å². The molecule has 0 aliphatic heterocycles. The van der Waals surface area contributed by atoms with E-state index in [-0.39, 0.29) is 4.90 Å². The molecular weight excluding hydrogens is 322 g/mol. The molecule has 5 heteroatoms. The Morgan fingerprint density at radius 1 is 0.917 bits per heavy atom. The van der Waals surface area contributed by atoms with Crippen molar-refractivity contribution in [2.45, 2.75) is 17.9 Å². The van der Waals surface area contributed by atoms with E-state index in [1.807, 2.05) is 54.6 Å². The van der Waals surface area contributed by atoms with Crippen molar-refractivity contribution >= 4 is 20.8 Å². The van der Waals surface area contributed by atoms with Crippen molar-refractivity contribution in [3.8, 4) is 5.75 Å². The number of rotatable bonds is 5. The standard InChI is InChI=1S/C19H19NO3S/c1-14(18-9-5-6-10-19(18)23-2)20-24(21,22)17-12-11-15-7-3-4-8-16(15)13-17/h3-14,20H,1-2H3/t14-/m0/s1. The second-order valence-corrected chi connectivity index (χ2v) is 7.31. The highest BCUT2D eigenvalue weighted by Gasteiger charge is 2.20. The van der Waals surface area contributed by atoms with E-state index in [0.29, 0.717) is 5.75 Å². The first-order chi connectivity index (χ1) is 11.5. The molecule has 0 aromatic heterocycles. The molecule has 0 spiro atoms. The first-order valence-electron chi connectivity index (χ1n) is 7.65. The molecule has 1 N–H and O–H groups in total. The SMILES string of the molecule is COc1ccccc1[C@H](C)NS(=O)(=O)c1ccc2ccccc2c1. The van der Waals surface area contributed by atoms with Crippen molar-refractivity contribution < 1.29 is 13.2 Å². The van der Waals surface area contributed by atoms with Gasteiger partial charge in [0.05, 0.1) is 12.0 Å². The van der Waals surface area contributed by atoms with Gasteiger partial charge in [0.2, 0.25) is 10.0 Å². The largest absolute Gasteiger partial charge is 0.496 e. The van der Waals surface area contributed by atoms with Gasteiger partial charge >= 0.3 is 0 Å². The molecule has 0 unspecified atom stereocenters. The second kappa shape index (κ2) is 6.63. The minimum atomic E-state index is -3.63. The van der Waals surface area contributed by atoms with E-state index in [2.05, 4.69) is 4.72 Å². The monoisotopic (exact) mass is 341 g/mol. The van der Waals surface area contributed by atoms with Gasteiger partial charge in [-0.1, -0.05) is 48.5 Å². The lowest BCUT2D eigenvalue weighted by Gasteiger charge is -2.17. The summed E-state index contributed by atoms with van der Waals surface area (Å²) < 4.78 is 33.4. The van der Waals surface area contributed by atoms with Gasteiger partial charge < -0.3 is 4.74 Å². The average molecular weight is 341 g/mol. The Kier molecular flexibility index (Phi) is 4.55. The van der Waals surface area contributed by atoms with Crippen molar-refractivity contribution in [3.05, 3.63) is 72.3 Å². The lowest BCUT2D eigenvalue weighted by molar-refractivity contribution is 0.405. The van der Waals surface area contributed by atoms with Crippen LogP contribution in [-0.4, -0.2) is 15.5 Å². The topological polar surface area (TPSA) is 55.4 Å². The predicted octanol–water partition coefficient (Wildman–Crippen LogP) is 3.89. The van der Waals surface area contributed by atoms with Crippen molar-refractivity contribution in [1.29, 1.82) is 0 Å². The number of para-hydroxylation sites is 1. The summed E-state index contributed by atoms with van der Waals surface area (Å²) in [5.74, 6) is 0.659. The van der Waals surface area contributed by atoms with Crippen LogP contribution in [0.2, 0.25) is 0 Å². The minimum absolute atomic E-state index is 0.253. The normalized spacial score (nSPS) is 12.9. The van der Waals surface area contributed by atoms with Crippen LogP contribution in [0.1, 0.15) is 18.5 Å². The Morgan fingerprint density at radius 2 is 1.58 bits per heavy atom. The van der Waals surface area contributed by atoms with Crippen molar-refractivity contribution in [2.24, 2.45) is 0 Å². The van der Waals surface area contributed by atoms with E-state index in [0.717, 1.165) is 16.3 Å². The molecule has 0 amide bonds. The number of methoxy groups -OCH3 is 1. The summed E-state index contributed by atoms with van der Waals surface area (Å²) in [4.78, 5) is 0.253. The molecule has 1 atom stereocenters. The summed E-state index contributed by atoms with van der Waals surface area (Å²) in [6, 6.07) is 19.8. The van der Waals surface area contributed by atoms with Crippen LogP contribution in [0.15, 0.2) is 71.6 Å². The van der Waals surface area contributed by atoms with Gasteiger partial charge in [0.25, 0.3) is 0 Å². The Morgan fingerprint density at radius 3 is 2.33 bits per heavy atom. The zero-order valence-corrected chi connectivity index (χ0v) is 14.4. The maximum Gasteiger partial charge on any atom is 0.241 e.